The fourth-order valence-corrected chi connectivity index (χ4v) is 12.4. The lowest BCUT2D eigenvalue weighted by atomic mass is 10.1. The lowest BCUT2D eigenvalue weighted by molar-refractivity contribution is -0.385. The van der Waals surface area contributed by atoms with E-state index in [4.69, 9.17) is 69.4 Å². The molecule has 0 bridgehead atoms. The van der Waals surface area contributed by atoms with Crippen LogP contribution in [-0.2, 0) is 33.0 Å². The highest BCUT2D eigenvalue weighted by Crippen LogP contribution is 2.27. The average molecular weight is 1900 g/mol. The number of nitrogens with two attached hydrogens (primary N) is 5. The Morgan fingerprint density at radius 3 is 0.894 bits per heavy atom. The number of nitriles is 2. The SMILES string of the molecule is N#Cc1cccc(C(=O)Nc2cccc(COc3cncc(C(N)=O)c3)c2)c1.N#Cc1ccccc1C(=O)Nc1cccc(COc2cncc(C(N)=O)c2)c1.NC(=O)c1cncc(OCc2cccc(NC(=O)c3ccc([N+](=O)[O-])cc3)c2)c1.NC(=O)c1cncc(OCc2cccc(NC(=O)c3cccc([N+](=O)[O-])c3)c2)c1.[C-]#[N+]c1ccc(C(=O)Nc2cccc(COc3cncc(C(N)=O)c3)c2)cc1. The lowest BCUT2D eigenvalue weighted by Gasteiger charge is -2.10. The number of amides is 10. The van der Waals surface area contributed by atoms with Crippen molar-refractivity contribution in [1.29, 1.82) is 10.5 Å². The van der Waals surface area contributed by atoms with Crippen molar-refractivity contribution < 1.29 is 81.5 Å². The molecule has 10 amide bonds. The van der Waals surface area contributed by atoms with Gasteiger partial charge in [0.05, 0.1) is 104 Å². The number of rotatable bonds is 32. The van der Waals surface area contributed by atoms with E-state index in [-0.39, 0.29) is 95.5 Å². The third kappa shape index (κ3) is 31.6. The van der Waals surface area contributed by atoms with E-state index < -0.39 is 51.2 Å². The molecule has 0 atom stereocenters. The normalized spacial score (nSPS) is 10.1. The van der Waals surface area contributed by atoms with Crippen molar-refractivity contribution in [2.45, 2.75) is 33.0 Å². The molecule has 5 aromatic heterocycles. The smallest absolute Gasteiger partial charge is 0.270 e. The Labute approximate surface area is 807 Å². The maximum Gasteiger partial charge on any atom is 0.270 e. The molecule has 0 aliphatic carbocycles. The second-order valence-electron chi connectivity index (χ2n) is 29.7. The van der Waals surface area contributed by atoms with Crippen LogP contribution in [0.15, 0.2) is 335 Å². The van der Waals surface area contributed by atoms with E-state index in [1.165, 1.54) is 147 Å². The highest BCUT2D eigenvalue weighted by molar-refractivity contribution is 6.08. The van der Waals surface area contributed by atoms with Gasteiger partial charge in [-0.05, 0) is 167 Å². The van der Waals surface area contributed by atoms with Gasteiger partial charge in [-0.15, -0.1) is 0 Å². The number of aromatic nitrogens is 5. The van der Waals surface area contributed by atoms with Crippen molar-refractivity contribution in [3.05, 3.63) is 461 Å². The summed E-state index contributed by atoms with van der Waals surface area (Å²) in [6.45, 7) is 7.96. The Morgan fingerprint density at radius 2 is 0.592 bits per heavy atom. The number of nitrogens with one attached hydrogen (secondary N) is 5. The zero-order valence-corrected chi connectivity index (χ0v) is 74.4. The van der Waals surface area contributed by atoms with Crippen LogP contribution in [0.1, 0.15) is 143 Å². The minimum Gasteiger partial charge on any atom is -0.487 e. The Hall–Kier alpha value is -21.1. The number of pyridine rings is 5. The lowest BCUT2D eigenvalue weighted by Crippen LogP contribution is -2.13. The summed E-state index contributed by atoms with van der Waals surface area (Å²) < 4.78 is 28.1. The molecular formula is C103H80N20O19. The minimum absolute atomic E-state index is 0.0874. The molecule has 0 saturated carbocycles. The maximum atomic E-state index is 12.4. The van der Waals surface area contributed by atoms with Crippen LogP contribution in [0.2, 0.25) is 0 Å². The first kappa shape index (κ1) is 101. The quantitative estimate of drug-likeness (QED) is 0.0106. The minimum atomic E-state index is -0.603. The molecule has 706 valence electrons. The fraction of sp³-hybridized carbons (Fsp3) is 0.0485. The van der Waals surface area contributed by atoms with E-state index in [0.29, 0.717) is 96.3 Å². The maximum absolute atomic E-state index is 12.4. The van der Waals surface area contributed by atoms with Crippen molar-refractivity contribution in [2.75, 3.05) is 26.6 Å². The van der Waals surface area contributed by atoms with Crippen molar-refractivity contribution in [1.82, 2.24) is 24.9 Å². The highest BCUT2D eigenvalue weighted by Gasteiger charge is 2.19. The van der Waals surface area contributed by atoms with Gasteiger partial charge in [0, 0.05) is 106 Å². The Bertz CT molecular complexity index is 7360. The van der Waals surface area contributed by atoms with Gasteiger partial charge >= 0.3 is 0 Å². The number of benzene rings is 10. The number of hydrogen-bond acceptors (Lipinski definition) is 26. The van der Waals surface area contributed by atoms with Crippen molar-refractivity contribution in [3.8, 4) is 40.9 Å². The molecule has 0 spiro atoms. The first-order chi connectivity index (χ1) is 68.5. The van der Waals surface area contributed by atoms with Crippen LogP contribution < -0.4 is 78.9 Å². The summed E-state index contributed by atoms with van der Waals surface area (Å²) in [4.78, 5) is 161. The number of carbonyl (C=O) groups excluding carboxylic acids is 10. The van der Waals surface area contributed by atoms with Gasteiger partial charge in [0.2, 0.25) is 29.5 Å². The van der Waals surface area contributed by atoms with Gasteiger partial charge in [-0.2, -0.15) is 10.5 Å². The van der Waals surface area contributed by atoms with Gasteiger partial charge in [0.1, 0.15) is 61.8 Å². The van der Waals surface area contributed by atoms with Gasteiger partial charge in [0.15, 0.2) is 5.69 Å². The van der Waals surface area contributed by atoms with Gasteiger partial charge in [-0.1, -0.05) is 109 Å². The summed E-state index contributed by atoms with van der Waals surface area (Å²) in [6, 6.07) is 77.2. The van der Waals surface area contributed by atoms with E-state index in [0.717, 1.165) is 27.8 Å². The number of primary amides is 5. The van der Waals surface area contributed by atoms with E-state index in [2.05, 4.69) is 56.3 Å². The molecular weight excluding hydrogens is 1820 g/mol. The van der Waals surface area contributed by atoms with Crippen LogP contribution in [0.3, 0.4) is 0 Å². The molecule has 0 fully saturated rings. The summed E-state index contributed by atoms with van der Waals surface area (Å²) in [5.41, 5.74) is 36.8. The number of nitrogens with zero attached hydrogens (tertiary/aromatic N) is 10. The van der Waals surface area contributed by atoms with E-state index >= 15 is 0 Å². The van der Waals surface area contributed by atoms with E-state index in [1.807, 2.05) is 36.4 Å². The summed E-state index contributed by atoms with van der Waals surface area (Å²) in [5.74, 6) is -2.73. The predicted octanol–water partition coefficient (Wildman–Crippen LogP) is 15.2. The number of ether oxygens (including phenoxy) is 5. The molecule has 0 radical (unpaired) electrons. The predicted molar refractivity (Wildman–Crippen MR) is 519 cm³/mol. The molecule has 0 saturated heterocycles. The molecule has 142 heavy (non-hydrogen) atoms. The average Bonchev–Trinajstić information content (AvgIpc) is 0.849. The molecule has 39 heteroatoms. The zero-order valence-electron chi connectivity index (χ0n) is 74.4. The number of hydrogen-bond donors (Lipinski definition) is 10. The van der Waals surface area contributed by atoms with Crippen LogP contribution in [0, 0.1) is 49.5 Å². The Balaban J connectivity index is 0.000000169. The second kappa shape index (κ2) is 50.7. The zero-order chi connectivity index (χ0) is 101. The molecule has 0 aliphatic heterocycles. The summed E-state index contributed by atoms with van der Waals surface area (Å²) >= 11 is 0. The number of nitro benzene ring substituents is 2. The third-order valence-electron chi connectivity index (χ3n) is 19.4. The molecule has 0 unspecified atom stereocenters. The van der Waals surface area contributed by atoms with E-state index in [9.17, 15) is 68.2 Å². The first-order valence-electron chi connectivity index (χ1n) is 41.9. The van der Waals surface area contributed by atoms with Gasteiger partial charge in [-0.3, -0.25) is 93.1 Å². The number of carbonyl (C=O) groups is 10. The molecule has 15 N–H and O–H groups in total. The second-order valence-corrected chi connectivity index (χ2v) is 29.7. The molecule has 15 aromatic rings. The molecule has 10 aromatic carbocycles. The van der Waals surface area contributed by atoms with Crippen LogP contribution in [-0.4, -0.2) is 93.8 Å². The van der Waals surface area contributed by atoms with Crippen LogP contribution >= 0.6 is 0 Å². The summed E-state index contributed by atoms with van der Waals surface area (Å²) in [7, 11) is 0. The molecule has 15 rings (SSSR count). The largest absolute Gasteiger partial charge is 0.487 e. The van der Waals surface area contributed by atoms with E-state index in [1.54, 1.807) is 164 Å². The fourth-order valence-electron chi connectivity index (χ4n) is 12.4. The Morgan fingerprint density at radius 1 is 0.303 bits per heavy atom. The standard InChI is InChI=1S/3C21H16N4O3.2C20H16N4O5/c1-23-17-7-5-15(6-8-17)21(27)25-18-4-2-3-14(9-18)13-28-19-10-16(20(22)26)11-24-12-19;22-10-14-3-1-5-16(7-14)21(27)25-18-6-2-4-15(8-18)13-28-19-9-17(20(23)26)11-24-12-19;22-10-15-5-1-2-7-19(15)21(27)25-17-6-3-4-14(8-17)13-28-18-9-16(20(23)26)11-24-12-18;21-19(25)15-9-18(11-22-10-15)29-12-13-3-1-5-16(7-13)23-20(26)14-4-2-6-17(8-14)24(27)28;21-19(25)15-9-18(11-22-10-15)29-12-13-2-1-3-16(8-13)23-20(26)14-4-6-17(7-5-14)24(27)28/h2-12H,13H2,(H2,22,26)(H,25,27);2*1-9,11-12H,13H2,(H2,23,26)(H,25,27);2*1-11H,12H2,(H2,21,25)(H,23,26). The number of non-ortho nitro benzene ring substituents is 2. The summed E-state index contributed by atoms with van der Waals surface area (Å²) in [5, 5.41) is 53.4. The summed E-state index contributed by atoms with van der Waals surface area (Å²) in [6.07, 6.45) is 14.2. The van der Waals surface area contributed by atoms with Gasteiger partial charge in [0.25, 0.3) is 40.9 Å². The van der Waals surface area contributed by atoms with Crippen LogP contribution in [0.4, 0.5) is 45.5 Å². The van der Waals surface area contributed by atoms with Crippen molar-refractivity contribution in [2.24, 2.45) is 28.7 Å². The van der Waals surface area contributed by atoms with Gasteiger partial charge in [-0.25, -0.2) is 4.85 Å². The van der Waals surface area contributed by atoms with Gasteiger partial charge < -0.3 is 78.9 Å². The van der Waals surface area contributed by atoms with Crippen molar-refractivity contribution >= 4 is 105 Å². The topological polar surface area (TPSA) is 610 Å². The highest BCUT2D eigenvalue weighted by atomic mass is 16.6. The Kier molecular flexibility index (Phi) is 36.2. The first-order valence-corrected chi connectivity index (χ1v) is 41.9. The third-order valence-corrected chi connectivity index (χ3v) is 19.4. The van der Waals surface area contributed by atoms with Crippen LogP contribution in [0.5, 0.6) is 28.7 Å². The number of nitro groups is 2. The molecule has 5 heterocycles. The molecule has 0 aliphatic rings. The number of anilines is 5. The molecule has 39 nitrogen and oxygen atoms in total. The van der Waals surface area contributed by atoms with Crippen LogP contribution in [0.25, 0.3) is 4.85 Å². The monoisotopic (exact) mass is 1900 g/mol. The van der Waals surface area contributed by atoms with Crippen molar-refractivity contribution in [3.63, 3.8) is 0 Å².